The zero-order valence-electron chi connectivity index (χ0n) is 10.9. The summed E-state index contributed by atoms with van der Waals surface area (Å²) in [5, 5.41) is 22.8. The van der Waals surface area contributed by atoms with Crippen LogP contribution < -0.4 is 10.6 Å². The first-order valence-corrected chi connectivity index (χ1v) is 6.63. The molecule has 0 spiro atoms. The molecule has 1 aliphatic carbocycles. The van der Waals surface area contributed by atoms with E-state index in [0.29, 0.717) is 23.2 Å². The molecule has 1 saturated carbocycles. The van der Waals surface area contributed by atoms with Crippen LogP contribution in [0.5, 0.6) is 0 Å². The molecular weight excluding hydrogens is 260 g/mol. The number of nitrogens with zero attached hydrogens (tertiary/aromatic N) is 3. The quantitative estimate of drug-likeness (QED) is 0.287. The van der Waals surface area contributed by atoms with Crippen LogP contribution in [0.1, 0.15) is 24.8 Å². The van der Waals surface area contributed by atoms with Gasteiger partial charge in [-0.1, -0.05) is 5.16 Å². The predicted octanol–water partition coefficient (Wildman–Crippen LogP) is 1.68. The van der Waals surface area contributed by atoms with Crippen molar-refractivity contribution < 1.29 is 10.1 Å². The molecule has 7 nitrogen and oxygen atoms in total. The third-order valence-electron chi connectivity index (χ3n) is 4.29. The molecule has 1 saturated heterocycles. The Morgan fingerprint density at radius 3 is 2.85 bits per heavy atom. The predicted molar refractivity (Wildman–Crippen MR) is 74.1 cm³/mol. The first kappa shape index (κ1) is 12.7. The molecule has 1 heterocycles. The van der Waals surface area contributed by atoms with Crippen LogP contribution in [0, 0.1) is 16.0 Å². The second-order valence-corrected chi connectivity index (χ2v) is 5.43. The lowest BCUT2D eigenvalue weighted by Crippen LogP contribution is -2.32. The highest BCUT2D eigenvalue weighted by Crippen LogP contribution is 2.43. The third kappa shape index (κ3) is 1.95. The fourth-order valence-electron chi connectivity index (χ4n) is 3.35. The molecule has 2 bridgehead atoms. The standard InChI is InChI=1S/C13H16N4O3/c14-13(15-18)9-2-4-11(12(6-9)17(19)20)16-7-8-1-3-10(16)5-8/h2,4,6,8,10,18H,1,3,5,7H2,(H2,14,15). The number of amidine groups is 1. The number of anilines is 1. The fraction of sp³-hybridized carbons (Fsp3) is 0.462. The molecule has 2 atom stereocenters. The Labute approximate surface area is 115 Å². The number of nitro groups is 1. The van der Waals surface area contributed by atoms with Crippen molar-refractivity contribution in [2.45, 2.75) is 25.3 Å². The highest BCUT2D eigenvalue weighted by molar-refractivity contribution is 5.98. The molecule has 2 aliphatic rings. The second kappa shape index (κ2) is 4.66. The summed E-state index contributed by atoms with van der Waals surface area (Å²) in [5.41, 5.74) is 6.50. The monoisotopic (exact) mass is 276 g/mol. The van der Waals surface area contributed by atoms with Crippen LogP contribution in [0.4, 0.5) is 11.4 Å². The summed E-state index contributed by atoms with van der Waals surface area (Å²) in [6.45, 7) is 0.883. The summed E-state index contributed by atoms with van der Waals surface area (Å²) in [6.07, 6.45) is 3.44. The van der Waals surface area contributed by atoms with E-state index in [2.05, 4.69) is 10.1 Å². The van der Waals surface area contributed by atoms with Crippen LogP contribution in [-0.2, 0) is 0 Å². The van der Waals surface area contributed by atoms with Crippen LogP contribution >= 0.6 is 0 Å². The molecule has 2 fully saturated rings. The molecule has 0 amide bonds. The number of nitro benzene ring substituents is 1. The maximum Gasteiger partial charge on any atom is 0.293 e. The summed E-state index contributed by atoms with van der Waals surface area (Å²) >= 11 is 0. The van der Waals surface area contributed by atoms with Crippen LogP contribution in [0.3, 0.4) is 0 Å². The average Bonchev–Trinajstić information content (AvgIpc) is 3.08. The molecule has 0 aromatic heterocycles. The van der Waals surface area contributed by atoms with Gasteiger partial charge < -0.3 is 15.8 Å². The number of piperidine rings is 1. The first-order valence-electron chi connectivity index (χ1n) is 6.63. The molecule has 7 heteroatoms. The minimum absolute atomic E-state index is 0.0154. The minimum atomic E-state index is -0.407. The zero-order chi connectivity index (χ0) is 14.3. The van der Waals surface area contributed by atoms with Gasteiger partial charge in [-0.3, -0.25) is 10.1 Å². The van der Waals surface area contributed by atoms with E-state index in [1.165, 1.54) is 12.5 Å². The lowest BCUT2D eigenvalue weighted by atomic mass is 10.1. The van der Waals surface area contributed by atoms with Gasteiger partial charge in [0, 0.05) is 24.2 Å². The van der Waals surface area contributed by atoms with E-state index in [-0.39, 0.29) is 11.5 Å². The largest absolute Gasteiger partial charge is 0.409 e. The van der Waals surface area contributed by atoms with E-state index in [4.69, 9.17) is 10.9 Å². The summed E-state index contributed by atoms with van der Waals surface area (Å²) in [5.74, 6) is 0.533. The van der Waals surface area contributed by atoms with Gasteiger partial charge in [-0.2, -0.15) is 0 Å². The molecule has 106 valence electrons. The fourth-order valence-corrected chi connectivity index (χ4v) is 3.35. The molecule has 3 rings (SSSR count). The average molecular weight is 276 g/mol. The summed E-state index contributed by atoms with van der Waals surface area (Å²) in [6, 6.07) is 5.14. The molecule has 3 N–H and O–H groups in total. The second-order valence-electron chi connectivity index (χ2n) is 5.43. The number of rotatable bonds is 3. The minimum Gasteiger partial charge on any atom is -0.409 e. The normalized spacial score (nSPS) is 25.2. The maximum atomic E-state index is 11.3. The lowest BCUT2D eigenvalue weighted by molar-refractivity contribution is -0.384. The van der Waals surface area contributed by atoms with Gasteiger partial charge in [0.25, 0.3) is 5.69 Å². The van der Waals surface area contributed by atoms with Gasteiger partial charge in [0.2, 0.25) is 0 Å². The van der Waals surface area contributed by atoms with E-state index < -0.39 is 4.92 Å². The number of oxime groups is 1. The van der Waals surface area contributed by atoms with Gasteiger partial charge in [0.1, 0.15) is 5.69 Å². The Bertz CT molecular complexity index is 587. The Morgan fingerprint density at radius 1 is 1.50 bits per heavy atom. The van der Waals surface area contributed by atoms with E-state index in [1.54, 1.807) is 12.1 Å². The van der Waals surface area contributed by atoms with Crippen LogP contribution in [0.15, 0.2) is 23.4 Å². The lowest BCUT2D eigenvalue weighted by Gasteiger charge is -2.28. The highest BCUT2D eigenvalue weighted by atomic mass is 16.6. The van der Waals surface area contributed by atoms with E-state index in [1.807, 2.05) is 0 Å². The van der Waals surface area contributed by atoms with Gasteiger partial charge >= 0.3 is 0 Å². The number of hydrogen-bond donors (Lipinski definition) is 2. The van der Waals surface area contributed by atoms with E-state index >= 15 is 0 Å². The molecular formula is C13H16N4O3. The van der Waals surface area contributed by atoms with Gasteiger partial charge in [-0.25, -0.2) is 0 Å². The topological polar surface area (TPSA) is 105 Å². The third-order valence-corrected chi connectivity index (χ3v) is 4.29. The van der Waals surface area contributed by atoms with Crippen molar-refractivity contribution >= 4 is 17.2 Å². The van der Waals surface area contributed by atoms with Crippen molar-refractivity contribution in [1.29, 1.82) is 0 Å². The van der Waals surface area contributed by atoms with Gasteiger partial charge in [0.05, 0.1) is 4.92 Å². The number of benzene rings is 1. The Balaban J connectivity index is 2.00. The number of fused-ring (bicyclic) bond motifs is 2. The summed E-state index contributed by atoms with van der Waals surface area (Å²) < 4.78 is 0. The first-order chi connectivity index (χ1) is 9.60. The molecule has 1 aromatic rings. The summed E-state index contributed by atoms with van der Waals surface area (Å²) in [4.78, 5) is 13.0. The zero-order valence-corrected chi connectivity index (χ0v) is 10.9. The van der Waals surface area contributed by atoms with Crippen LogP contribution in [0.2, 0.25) is 0 Å². The molecule has 20 heavy (non-hydrogen) atoms. The Kier molecular flexibility index (Phi) is 2.96. The van der Waals surface area contributed by atoms with Gasteiger partial charge in [0.15, 0.2) is 5.84 Å². The SMILES string of the molecule is NC(=NO)c1ccc(N2CC3CCC2C3)c([N+](=O)[O-])c1. The Morgan fingerprint density at radius 2 is 2.30 bits per heavy atom. The highest BCUT2D eigenvalue weighted by Gasteiger charge is 2.40. The van der Waals surface area contributed by atoms with Crippen LogP contribution in [-0.4, -0.2) is 28.6 Å². The van der Waals surface area contributed by atoms with Crippen molar-refractivity contribution in [3.05, 3.63) is 33.9 Å². The van der Waals surface area contributed by atoms with Gasteiger partial charge in [-0.05, 0) is 37.3 Å². The number of hydrogen-bond acceptors (Lipinski definition) is 5. The van der Waals surface area contributed by atoms with Crippen molar-refractivity contribution in [3.63, 3.8) is 0 Å². The molecule has 0 radical (unpaired) electrons. The Hall–Kier alpha value is -2.31. The van der Waals surface area contributed by atoms with E-state index in [9.17, 15) is 10.1 Å². The molecule has 1 aromatic carbocycles. The maximum absolute atomic E-state index is 11.3. The van der Waals surface area contributed by atoms with Crippen LogP contribution in [0.25, 0.3) is 0 Å². The summed E-state index contributed by atoms with van der Waals surface area (Å²) in [7, 11) is 0. The van der Waals surface area contributed by atoms with Crippen molar-refractivity contribution in [1.82, 2.24) is 0 Å². The molecule has 2 unspecified atom stereocenters. The number of nitrogens with two attached hydrogens (primary N) is 1. The van der Waals surface area contributed by atoms with Crippen molar-refractivity contribution in [3.8, 4) is 0 Å². The smallest absolute Gasteiger partial charge is 0.293 e. The van der Waals surface area contributed by atoms with E-state index in [0.717, 1.165) is 19.4 Å². The van der Waals surface area contributed by atoms with Crippen molar-refractivity contribution in [2.75, 3.05) is 11.4 Å². The molecule has 1 aliphatic heterocycles. The van der Waals surface area contributed by atoms with Gasteiger partial charge in [-0.15, -0.1) is 0 Å². The van der Waals surface area contributed by atoms with Crippen molar-refractivity contribution in [2.24, 2.45) is 16.8 Å².